The minimum absolute atomic E-state index is 0.490. The van der Waals surface area contributed by atoms with Gasteiger partial charge in [0.05, 0.1) is 22.8 Å². The minimum atomic E-state index is 0.490. The Kier molecular flexibility index (Phi) is 8.73. The molecule has 3 aromatic carbocycles. The number of nitrogens with zero attached hydrogens (tertiary/aromatic N) is 6. The van der Waals surface area contributed by atoms with E-state index in [1.54, 1.807) is 18.5 Å². The summed E-state index contributed by atoms with van der Waals surface area (Å²) in [5.74, 6) is 1.01. The summed E-state index contributed by atoms with van der Waals surface area (Å²) in [6.07, 6.45) is 10.9. The van der Waals surface area contributed by atoms with Crippen molar-refractivity contribution < 1.29 is 0 Å². The van der Waals surface area contributed by atoms with Crippen LogP contribution in [0, 0.1) is 0 Å². The molecule has 0 aliphatic carbocycles. The van der Waals surface area contributed by atoms with Gasteiger partial charge in [-0.15, -0.1) is 0 Å². The van der Waals surface area contributed by atoms with Gasteiger partial charge in [-0.3, -0.25) is 0 Å². The van der Waals surface area contributed by atoms with Gasteiger partial charge in [-0.1, -0.05) is 61.2 Å². The highest BCUT2D eigenvalue weighted by Crippen LogP contribution is 2.27. The van der Waals surface area contributed by atoms with E-state index in [1.165, 1.54) is 0 Å². The Labute approximate surface area is 239 Å². The molecule has 0 unspecified atom stereocenters. The molecule has 0 atom stereocenters. The van der Waals surface area contributed by atoms with Gasteiger partial charge in [-0.05, 0) is 67.6 Å². The number of hydrogen-bond acceptors (Lipinski definition) is 8. The molecule has 2 heterocycles. The van der Waals surface area contributed by atoms with Crippen LogP contribution in [0.25, 0.3) is 22.5 Å². The Morgan fingerprint density at radius 2 is 1.34 bits per heavy atom. The Bertz CT molecular complexity index is 1720. The first kappa shape index (κ1) is 26.8. The van der Waals surface area contributed by atoms with Crippen LogP contribution in [-0.4, -0.2) is 19.9 Å². The Balaban J connectivity index is 1.33. The van der Waals surface area contributed by atoms with Crippen molar-refractivity contribution in [2.24, 2.45) is 10.2 Å². The van der Waals surface area contributed by atoms with E-state index in [4.69, 9.17) is 0 Å². The summed E-state index contributed by atoms with van der Waals surface area (Å²) in [7, 11) is 0. The molecule has 0 amide bonds. The maximum atomic E-state index is 4.66. The smallest absolute Gasteiger partial charge is 0.227 e. The second kappa shape index (κ2) is 13.3. The lowest BCUT2D eigenvalue weighted by Crippen LogP contribution is -2.02. The highest BCUT2D eigenvalue weighted by atomic mass is 15.1. The maximum Gasteiger partial charge on any atom is 0.227 e. The molecule has 200 valence electrons. The third-order valence-corrected chi connectivity index (χ3v) is 5.81. The van der Waals surface area contributed by atoms with E-state index in [2.05, 4.69) is 47.4 Å². The fourth-order valence-corrected chi connectivity index (χ4v) is 3.95. The number of aromatic nitrogens is 4. The van der Waals surface area contributed by atoms with E-state index in [9.17, 15) is 0 Å². The lowest BCUT2D eigenvalue weighted by Gasteiger charge is -2.07. The lowest BCUT2D eigenvalue weighted by atomic mass is 10.1. The number of benzene rings is 3. The van der Waals surface area contributed by atoms with Crippen LogP contribution in [0.2, 0.25) is 0 Å². The van der Waals surface area contributed by atoms with Gasteiger partial charge >= 0.3 is 0 Å². The number of azo groups is 1. The Hall–Kier alpha value is -5.76. The third kappa shape index (κ3) is 7.42. The van der Waals surface area contributed by atoms with Crippen molar-refractivity contribution in [3.05, 3.63) is 140 Å². The molecule has 0 radical (unpaired) electrons. The van der Waals surface area contributed by atoms with Gasteiger partial charge in [-0.25, -0.2) is 19.9 Å². The zero-order valence-corrected chi connectivity index (χ0v) is 22.5. The summed E-state index contributed by atoms with van der Waals surface area (Å²) in [5, 5.41) is 15.4. The van der Waals surface area contributed by atoms with E-state index in [0.717, 1.165) is 33.9 Å². The predicted molar refractivity (Wildman–Crippen MR) is 166 cm³/mol. The molecule has 5 aromatic rings. The van der Waals surface area contributed by atoms with Gasteiger partial charge in [-0.2, -0.15) is 10.2 Å². The van der Waals surface area contributed by atoms with E-state index >= 15 is 0 Å². The van der Waals surface area contributed by atoms with Crippen LogP contribution in [0.15, 0.2) is 150 Å². The van der Waals surface area contributed by atoms with E-state index < -0.39 is 0 Å². The number of nitrogens with one attached hydrogen (secondary N) is 2. The van der Waals surface area contributed by atoms with Crippen LogP contribution < -0.4 is 10.6 Å². The van der Waals surface area contributed by atoms with Gasteiger partial charge in [0.15, 0.2) is 0 Å². The Morgan fingerprint density at radius 1 is 0.732 bits per heavy atom. The molecule has 2 aromatic heterocycles. The van der Waals surface area contributed by atoms with Gasteiger partial charge < -0.3 is 10.6 Å². The molecular weight excluding hydrogens is 508 g/mol. The summed E-state index contributed by atoms with van der Waals surface area (Å²) in [6.45, 7) is 5.70. The summed E-state index contributed by atoms with van der Waals surface area (Å²) in [4.78, 5) is 18.0. The van der Waals surface area contributed by atoms with Crippen LogP contribution in [-0.2, 0) is 0 Å². The second-order valence-corrected chi connectivity index (χ2v) is 8.81. The van der Waals surface area contributed by atoms with Gasteiger partial charge in [0.1, 0.15) is 0 Å². The van der Waals surface area contributed by atoms with Gasteiger partial charge in [0, 0.05) is 34.9 Å². The maximum absolute atomic E-state index is 4.66. The topological polar surface area (TPSA) is 100 Å². The molecule has 2 N–H and O–H groups in total. The molecule has 0 spiro atoms. The number of allylic oxidation sites excluding steroid dienone is 4. The van der Waals surface area contributed by atoms with Crippen molar-refractivity contribution in [1.82, 2.24) is 19.9 Å². The Morgan fingerprint density at radius 3 is 1.95 bits per heavy atom. The molecule has 0 bridgehead atoms. The monoisotopic (exact) mass is 536 g/mol. The van der Waals surface area contributed by atoms with Crippen molar-refractivity contribution in [3.63, 3.8) is 0 Å². The van der Waals surface area contributed by atoms with Crippen LogP contribution in [0.5, 0.6) is 0 Å². The molecule has 8 nitrogen and oxygen atoms in total. The van der Waals surface area contributed by atoms with Crippen molar-refractivity contribution in [2.45, 2.75) is 6.92 Å². The molecule has 0 aliphatic heterocycles. The third-order valence-electron chi connectivity index (χ3n) is 5.81. The lowest BCUT2D eigenvalue weighted by molar-refractivity contribution is 1.15. The normalized spacial score (nSPS) is 11.6. The second-order valence-electron chi connectivity index (χ2n) is 8.81. The first-order valence-electron chi connectivity index (χ1n) is 13.0. The van der Waals surface area contributed by atoms with E-state index in [0.29, 0.717) is 23.3 Å². The van der Waals surface area contributed by atoms with Gasteiger partial charge in [0.2, 0.25) is 11.9 Å². The molecule has 0 saturated heterocycles. The molecule has 0 fully saturated rings. The first-order chi connectivity index (χ1) is 20.2. The molecule has 5 rings (SSSR count). The van der Waals surface area contributed by atoms with Crippen LogP contribution >= 0.6 is 0 Å². The van der Waals surface area contributed by atoms with Crippen molar-refractivity contribution in [3.8, 4) is 22.5 Å². The molecule has 0 saturated carbocycles. The van der Waals surface area contributed by atoms with Crippen LogP contribution in [0.1, 0.15) is 6.92 Å². The molecule has 0 aliphatic rings. The van der Waals surface area contributed by atoms with Crippen LogP contribution in [0.4, 0.5) is 29.0 Å². The largest absolute Gasteiger partial charge is 0.324 e. The average Bonchev–Trinajstić information content (AvgIpc) is 3.01. The number of anilines is 3. The highest BCUT2D eigenvalue weighted by Gasteiger charge is 2.06. The SMILES string of the molecule is C=C/C=C(\C=C/C)Nc1nccc(-c2cccc(N=Nc3cccc(-c4ccnc(Nc5ccccc5)n4)c3)c2)n1. The average molecular weight is 537 g/mol. The number of para-hydroxylation sites is 1. The minimum Gasteiger partial charge on any atom is -0.324 e. The molecular formula is C33H28N8. The summed E-state index contributed by atoms with van der Waals surface area (Å²) in [6, 6.07) is 29.1. The van der Waals surface area contributed by atoms with E-state index in [1.807, 2.05) is 116 Å². The zero-order valence-electron chi connectivity index (χ0n) is 22.5. The quantitative estimate of drug-likeness (QED) is 0.137. The van der Waals surface area contributed by atoms with Crippen molar-refractivity contribution >= 4 is 29.0 Å². The summed E-state index contributed by atoms with van der Waals surface area (Å²) < 4.78 is 0. The first-order valence-corrected chi connectivity index (χ1v) is 13.0. The standard InChI is InChI=1S/C33H28N8/c1-3-10-26(11-4-2)36-32-34-20-18-30(38-32)24-12-8-16-28(22-24)40-41-29-17-9-13-25(23-29)31-19-21-35-33(39-31)37-27-14-6-5-7-15-27/h3-23H,1H2,2H3,(H,34,36,38)(H,35,37,39)/b11-4-,26-10+,41-40?. The fraction of sp³-hybridized carbons (Fsp3) is 0.0303. The summed E-state index contributed by atoms with van der Waals surface area (Å²) >= 11 is 0. The number of rotatable bonds is 10. The predicted octanol–water partition coefficient (Wildman–Crippen LogP) is 8.82. The van der Waals surface area contributed by atoms with Gasteiger partial charge in [0.25, 0.3) is 0 Å². The van der Waals surface area contributed by atoms with E-state index in [-0.39, 0.29) is 0 Å². The fourth-order valence-electron chi connectivity index (χ4n) is 3.95. The number of hydrogen-bond donors (Lipinski definition) is 2. The van der Waals surface area contributed by atoms with Crippen LogP contribution in [0.3, 0.4) is 0 Å². The molecule has 41 heavy (non-hydrogen) atoms. The highest BCUT2D eigenvalue weighted by molar-refractivity contribution is 5.66. The molecule has 8 heteroatoms. The summed E-state index contributed by atoms with van der Waals surface area (Å²) in [5.41, 5.74) is 6.55. The zero-order chi connectivity index (χ0) is 28.3. The van der Waals surface area contributed by atoms with Crippen molar-refractivity contribution in [1.29, 1.82) is 0 Å². The van der Waals surface area contributed by atoms with Crippen molar-refractivity contribution in [2.75, 3.05) is 10.6 Å².